The van der Waals surface area contributed by atoms with Crippen molar-refractivity contribution >= 4 is 39.2 Å². The minimum Gasteiger partial charge on any atom is -0.493 e. The number of halogens is 1. The monoisotopic (exact) mass is 478 g/mol. The minimum atomic E-state index is -4.18. The van der Waals surface area contributed by atoms with Crippen molar-refractivity contribution in [2.45, 2.75) is 26.8 Å². The molecule has 1 aromatic carbocycles. The minimum absolute atomic E-state index is 0.0887. The van der Waals surface area contributed by atoms with Crippen LogP contribution in [0.5, 0.6) is 11.5 Å². The van der Waals surface area contributed by atoms with Crippen molar-refractivity contribution in [3.63, 3.8) is 0 Å². The fraction of sp³-hybridized carbons (Fsp3) is 0.286. The van der Waals surface area contributed by atoms with Crippen LogP contribution in [0, 0.1) is 6.92 Å². The van der Waals surface area contributed by atoms with Gasteiger partial charge in [-0.2, -0.15) is 8.42 Å². The summed E-state index contributed by atoms with van der Waals surface area (Å²) in [6.07, 6.45) is 2.83. The Bertz CT molecular complexity index is 1220. The van der Waals surface area contributed by atoms with Gasteiger partial charge in [0, 0.05) is 17.8 Å². The standard InChI is InChI=1S/C21H23ClN4O5S/c1-12(2)26-17(21(27)24-20-8-13(3)15(22)11-23-20)10-16(25-32(26,28)29)14-6-7-18(30-4)19(9-14)31-5/h6-12H,1-5H3,(H,23,24,27). The van der Waals surface area contributed by atoms with Gasteiger partial charge in [0.1, 0.15) is 11.5 Å². The van der Waals surface area contributed by atoms with Gasteiger partial charge in [0.05, 0.1) is 25.0 Å². The number of hydrogen-bond donors (Lipinski definition) is 1. The highest BCUT2D eigenvalue weighted by Gasteiger charge is 2.35. The molecule has 0 unspecified atom stereocenters. The van der Waals surface area contributed by atoms with Gasteiger partial charge in [-0.1, -0.05) is 11.6 Å². The molecule has 170 valence electrons. The second-order valence-electron chi connectivity index (χ2n) is 7.22. The van der Waals surface area contributed by atoms with Gasteiger partial charge < -0.3 is 14.8 Å². The topological polar surface area (TPSA) is 110 Å². The van der Waals surface area contributed by atoms with Crippen LogP contribution < -0.4 is 14.8 Å². The highest BCUT2D eigenvalue weighted by atomic mass is 35.5. The van der Waals surface area contributed by atoms with Crippen LogP contribution >= 0.6 is 11.6 Å². The van der Waals surface area contributed by atoms with Crippen LogP contribution in [0.15, 0.2) is 46.6 Å². The summed E-state index contributed by atoms with van der Waals surface area (Å²) in [6.45, 7) is 5.08. The normalized spacial score (nSPS) is 15.2. The highest BCUT2D eigenvalue weighted by molar-refractivity contribution is 7.88. The molecule has 1 amide bonds. The Hall–Kier alpha value is -3.11. The van der Waals surface area contributed by atoms with Crippen LogP contribution in [0.25, 0.3) is 0 Å². The summed E-state index contributed by atoms with van der Waals surface area (Å²) in [7, 11) is -1.21. The molecule has 11 heteroatoms. The molecule has 0 fully saturated rings. The fourth-order valence-corrected chi connectivity index (χ4v) is 4.66. The fourth-order valence-electron chi connectivity index (χ4n) is 3.14. The predicted molar refractivity (Wildman–Crippen MR) is 123 cm³/mol. The molecular weight excluding hydrogens is 456 g/mol. The molecule has 1 N–H and O–H groups in total. The molecular formula is C21H23ClN4O5S. The number of amides is 1. The van der Waals surface area contributed by atoms with Gasteiger partial charge in [-0.3, -0.25) is 4.79 Å². The van der Waals surface area contributed by atoms with Crippen molar-refractivity contribution < 1.29 is 22.7 Å². The van der Waals surface area contributed by atoms with Gasteiger partial charge in [0.2, 0.25) is 0 Å². The van der Waals surface area contributed by atoms with E-state index in [2.05, 4.69) is 14.7 Å². The number of allylic oxidation sites excluding steroid dienone is 1. The summed E-state index contributed by atoms with van der Waals surface area (Å²) in [5.41, 5.74) is 1.17. The number of ether oxygens (including phenoxy) is 2. The maximum atomic E-state index is 13.1. The number of nitrogens with one attached hydrogen (secondary N) is 1. The number of pyridine rings is 1. The van der Waals surface area contributed by atoms with E-state index in [1.54, 1.807) is 45.0 Å². The largest absolute Gasteiger partial charge is 0.493 e. The SMILES string of the molecule is COc1ccc(C2=NS(=O)(=O)N(C(C)C)C(C(=O)Nc3cc(C)c(Cl)cn3)=C2)cc1OC. The zero-order chi connectivity index (χ0) is 23.6. The number of carbonyl (C=O) groups is 1. The molecule has 3 rings (SSSR count). The zero-order valence-electron chi connectivity index (χ0n) is 18.2. The average Bonchev–Trinajstić information content (AvgIpc) is 2.74. The lowest BCUT2D eigenvalue weighted by Gasteiger charge is -2.30. The Kier molecular flexibility index (Phi) is 6.75. The van der Waals surface area contributed by atoms with Crippen molar-refractivity contribution in [1.82, 2.24) is 9.29 Å². The van der Waals surface area contributed by atoms with Crippen molar-refractivity contribution in [2.75, 3.05) is 19.5 Å². The Balaban J connectivity index is 2.06. The van der Waals surface area contributed by atoms with Crippen molar-refractivity contribution in [3.05, 3.63) is 58.4 Å². The Morgan fingerprint density at radius 2 is 1.84 bits per heavy atom. The third kappa shape index (κ3) is 4.71. The molecule has 1 aliphatic rings. The number of aromatic nitrogens is 1. The lowest BCUT2D eigenvalue weighted by molar-refractivity contribution is -0.114. The molecule has 0 radical (unpaired) electrons. The van der Waals surface area contributed by atoms with Gasteiger partial charge in [-0.25, -0.2) is 9.29 Å². The summed E-state index contributed by atoms with van der Waals surface area (Å²) >= 11 is 5.99. The van der Waals surface area contributed by atoms with Crippen molar-refractivity contribution in [1.29, 1.82) is 0 Å². The van der Waals surface area contributed by atoms with Crippen LogP contribution in [0.4, 0.5) is 5.82 Å². The first kappa shape index (κ1) is 23.6. The summed E-state index contributed by atoms with van der Waals surface area (Å²) in [6, 6.07) is 5.91. The lowest BCUT2D eigenvalue weighted by Crippen LogP contribution is -2.42. The van der Waals surface area contributed by atoms with E-state index in [4.69, 9.17) is 21.1 Å². The molecule has 1 aliphatic heterocycles. The second-order valence-corrected chi connectivity index (χ2v) is 9.09. The maximum Gasteiger partial charge on any atom is 0.345 e. The molecule has 9 nitrogen and oxygen atoms in total. The summed E-state index contributed by atoms with van der Waals surface area (Å²) in [4.78, 5) is 17.2. The third-order valence-electron chi connectivity index (χ3n) is 4.64. The van der Waals surface area contributed by atoms with Crippen LogP contribution in [-0.4, -0.2) is 49.6 Å². The highest BCUT2D eigenvalue weighted by Crippen LogP contribution is 2.30. The van der Waals surface area contributed by atoms with Gasteiger partial charge in [0.25, 0.3) is 5.91 Å². The lowest BCUT2D eigenvalue weighted by atomic mass is 10.1. The van der Waals surface area contributed by atoms with E-state index in [1.165, 1.54) is 26.5 Å². The molecule has 0 bridgehead atoms. The molecule has 0 saturated carbocycles. The van der Waals surface area contributed by atoms with E-state index in [9.17, 15) is 13.2 Å². The Labute approximate surface area is 191 Å². The van der Waals surface area contributed by atoms with Gasteiger partial charge in [-0.15, -0.1) is 4.40 Å². The number of aryl methyl sites for hydroxylation is 1. The van der Waals surface area contributed by atoms with E-state index >= 15 is 0 Å². The first-order valence-corrected chi connectivity index (χ1v) is 11.4. The maximum absolute atomic E-state index is 13.1. The van der Waals surface area contributed by atoms with Crippen molar-refractivity contribution in [3.8, 4) is 11.5 Å². The first-order valence-electron chi connectivity index (χ1n) is 9.59. The Morgan fingerprint density at radius 3 is 2.44 bits per heavy atom. The summed E-state index contributed by atoms with van der Waals surface area (Å²) in [5.74, 6) is 0.473. The van der Waals surface area contributed by atoms with Gasteiger partial charge >= 0.3 is 10.2 Å². The summed E-state index contributed by atoms with van der Waals surface area (Å²) < 4.78 is 41.4. The second kappa shape index (κ2) is 9.17. The first-order chi connectivity index (χ1) is 15.1. The van der Waals surface area contributed by atoms with Crippen molar-refractivity contribution in [2.24, 2.45) is 4.40 Å². The smallest absolute Gasteiger partial charge is 0.345 e. The van der Waals surface area contributed by atoms with Gasteiger partial charge in [-0.05, 0) is 56.7 Å². The quantitative estimate of drug-likeness (QED) is 0.681. The van der Waals surface area contributed by atoms with E-state index in [1.807, 2.05) is 0 Å². The number of carbonyl (C=O) groups excluding carboxylic acids is 1. The number of nitrogens with zero attached hydrogens (tertiary/aromatic N) is 3. The number of benzene rings is 1. The van der Waals surface area contributed by atoms with E-state index < -0.39 is 22.2 Å². The van der Waals surface area contributed by atoms with Crippen LogP contribution in [0.1, 0.15) is 25.0 Å². The molecule has 2 heterocycles. The number of methoxy groups -OCH3 is 2. The molecule has 0 atom stereocenters. The van der Waals surface area contributed by atoms with E-state index in [-0.39, 0.29) is 17.2 Å². The molecule has 32 heavy (non-hydrogen) atoms. The average molecular weight is 479 g/mol. The predicted octanol–water partition coefficient (Wildman–Crippen LogP) is 3.34. The number of rotatable bonds is 6. The number of anilines is 1. The van der Waals surface area contributed by atoms with Gasteiger partial charge in [0.15, 0.2) is 11.5 Å². The zero-order valence-corrected chi connectivity index (χ0v) is 19.8. The molecule has 0 spiro atoms. The number of hydrogen-bond acceptors (Lipinski definition) is 6. The van der Waals surface area contributed by atoms with Crippen LogP contribution in [0.3, 0.4) is 0 Å². The van der Waals surface area contributed by atoms with E-state index in [0.717, 1.165) is 9.87 Å². The molecule has 0 aliphatic carbocycles. The van der Waals surface area contributed by atoms with Crippen LogP contribution in [0.2, 0.25) is 5.02 Å². The third-order valence-corrected chi connectivity index (χ3v) is 6.58. The van der Waals surface area contributed by atoms with E-state index in [0.29, 0.717) is 22.1 Å². The van der Waals surface area contributed by atoms with Crippen LogP contribution in [-0.2, 0) is 15.0 Å². The molecule has 2 aromatic rings. The summed E-state index contributed by atoms with van der Waals surface area (Å²) in [5, 5.41) is 3.09. The molecule has 0 saturated heterocycles. The Morgan fingerprint density at radius 1 is 1.16 bits per heavy atom. The molecule has 1 aromatic heterocycles.